The number of carbonyl (C=O) groups excluding carboxylic acids is 1. The standard InChI is InChI=1S/C36H51F3O9/c1-33(2,3)22-35(7,34(4,5)6)32(43)45-18-10-13-27(42)26(41)12-9-17-44-24-15-14-23-19-29(47-28(23)20-24)31-30(48-36(37,38)39)21-25(46-31)11-8-16-40/h14-15,19-21,26-27,40-42H,8-13,16-18,22H2,1-7H3. The third-order valence-corrected chi connectivity index (χ3v) is 8.50. The lowest BCUT2D eigenvalue weighted by molar-refractivity contribution is -0.274. The van der Waals surface area contributed by atoms with Crippen LogP contribution in [0.2, 0.25) is 0 Å². The van der Waals surface area contributed by atoms with Crippen LogP contribution in [0.25, 0.3) is 22.5 Å². The molecule has 0 aliphatic carbocycles. The molecule has 0 radical (unpaired) electrons. The second-order valence-corrected chi connectivity index (χ2v) is 14.8. The topological polar surface area (TPSA) is 132 Å². The number of benzene rings is 1. The summed E-state index contributed by atoms with van der Waals surface area (Å²) in [5, 5.41) is 30.6. The van der Waals surface area contributed by atoms with Crippen LogP contribution in [0.5, 0.6) is 11.5 Å². The molecule has 9 nitrogen and oxygen atoms in total. The number of carbonyl (C=O) groups is 1. The molecule has 3 N–H and O–H groups in total. The largest absolute Gasteiger partial charge is 0.573 e. The number of aryl methyl sites for hydroxylation is 1. The Bertz CT molecular complexity index is 1460. The van der Waals surface area contributed by atoms with Gasteiger partial charge >= 0.3 is 12.3 Å². The molecule has 0 amide bonds. The van der Waals surface area contributed by atoms with Crippen molar-refractivity contribution in [3.63, 3.8) is 0 Å². The smallest absolute Gasteiger partial charge is 0.493 e. The highest BCUT2D eigenvalue weighted by Gasteiger charge is 2.47. The van der Waals surface area contributed by atoms with Gasteiger partial charge in [0, 0.05) is 30.5 Å². The normalized spacial score (nSPS) is 15.3. The number of fused-ring (bicyclic) bond motifs is 1. The fourth-order valence-corrected chi connectivity index (χ4v) is 5.57. The summed E-state index contributed by atoms with van der Waals surface area (Å²) in [7, 11) is 0. The number of hydrogen-bond acceptors (Lipinski definition) is 9. The summed E-state index contributed by atoms with van der Waals surface area (Å²) in [5.41, 5.74) is -0.680. The predicted molar refractivity (Wildman–Crippen MR) is 175 cm³/mol. The second-order valence-electron chi connectivity index (χ2n) is 14.8. The Labute approximate surface area is 280 Å². The highest BCUT2D eigenvalue weighted by atomic mass is 19.4. The number of hydrogen-bond donors (Lipinski definition) is 3. The third-order valence-electron chi connectivity index (χ3n) is 8.50. The molecule has 3 rings (SSSR count). The summed E-state index contributed by atoms with van der Waals surface area (Å²) >= 11 is 0. The number of aliphatic hydroxyl groups is 3. The summed E-state index contributed by atoms with van der Waals surface area (Å²) < 4.78 is 66.0. The lowest BCUT2D eigenvalue weighted by Crippen LogP contribution is -2.44. The summed E-state index contributed by atoms with van der Waals surface area (Å²) in [6, 6.07) is 7.64. The van der Waals surface area contributed by atoms with Crippen LogP contribution in [0, 0.1) is 16.2 Å². The lowest BCUT2D eigenvalue weighted by atomic mass is 9.61. The van der Waals surface area contributed by atoms with Gasteiger partial charge in [-0.15, -0.1) is 13.2 Å². The minimum atomic E-state index is -4.93. The van der Waals surface area contributed by atoms with Crippen molar-refractivity contribution in [1.29, 1.82) is 0 Å². The Hall–Kier alpha value is -3.22. The van der Waals surface area contributed by atoms with Crippen molar-refractivity contribution in [3.05, 3.63) is 36.1 Å². The highest BCUT2D eigenvalue weighted by molar-refractivity contribution is 5.84. The molecular weight excluding hydrogens is 633 g/mol. The Morgan fingerprint density at radius 1 is 0.875 bits per heavy atom. The van der Waals surface area contributed by atoms with E-state index < -0.39 is 29.7 Å². The van der Waals surface area contributed by atoms with Crippen molar-refractivity contribution < 1.29 is 56.3 Å². The van der Waals surface area contributed by atoms with Crippen LogP contribution in [0.3, 0.4) is 0 Å². The molecule has 12 heteroatoms. The highest BCUT2D eigenvalue weighted by Crippen LogP contribution is 2.47. The van der Waals surface area contributed by atoms with E-state index in [2.05, 4.69) is 25.5 Å². The number of esters is 1. The van der Waals surface area contributed by atoms with Crippen molar-refractivity contribution in [2.24, 2.45) is 16.2 Å². The fraction of sp³-hybridized carbons (Fsp3) is 0.639. The fourth-order valence-electron chi connectivity index (χ4n) is 5.57. The molecule has 0 spiro atoms. The number of furan rings is 2. The van der Waals surface area contributed by atoms with Gasteiger partial charge in [-0.05, 0) is 74.5 Å². The molecule has 2 heterocycles. The molecule has 48 heavy (non-hydrogen) atoms. The van der Waals surface area contributed by atoms with Crippen LogP contribution >= 0.6 is 0 Å². The first-order valence-corrected chi connectivity index (χ1v) is 16.4. The van der Waals surface area contributed by atoms with Gasteiger partial charge in [0.25, 0.3) is 0 Å². The summed E-state index contributed by atoms with van der Waals surface area (Å²) in [6.07, 6.45) is -4.30. The van der Waals surface area contributed by atoms with Crippen LogP contribution in [0.15, 0.2) is 39.2 Å². The SMILES string of the molecule is CC(C)(C)CC(C)(C(=O)OCCCC(O)C(O)CCCOc1ccc2cc(-c3oc(CCCO)cc3OC(F)(F)F)oc2c1)C(C)(C)C. The molecule has 0 bridgehead atoms. The van der Waals surface area contributed by atoms with E-state index in [-0.39, 0.29) is 73.2 Å². The van der Waals surface area contributed by atoms with Gasteiger partial charge in [-0.1, -0.05) is 41.5 Å². The zero-order valence-electron chi connectivity index (χ0n) is 29.0. The molecule has 3 atom stereocenters. The minimum absolute atomic E-state index is 0.0386. The second kappa shape index (κ2) is 16.0. The van der Waals surface area contributed by atoms with Gasteiger partial charge in [-0.2, -0.15) is 0 Å². The quantitative estimate of drug-likeness (QED) is 0.0951. The number of ether oxygens (including phenoxy) is 3. The molecule has 3 aromatic rings. The number of rotatable bonds is 17. The van der Waals surface area contributed by atoms with Gasteiger partial charge in [-0.3, -0.25) is 4.79 Å². The van der Waals surface area contributed by atoms with Gasteiger partial charge in [0.05, 0.1) is 30.8 Å². The molecule has 0 saturated heterocycles. The zero-order chi connectivity index (χ0) is 35.9. The molecule has 3 unspecified atom stereocenters. The van der Waals surface area contributed by atoms with E-state index in [1.807, 2.05) is 27.7 Å². The maximum atomic E-state index is 13.1. The first-order chi connectivity index (χ1) is 22.2. The average molecular weight is 685 g/mol. The molecular formula is C36H51F3O9. The van der Waals surface area contributed by atoms with Gasteiger partial charge in [0.1, 0.15) is 17.1 Å². The minimum Gasteiger partial charge on any atom is -0.493 e. The average Bonchev–Trinajstić information content (AvgIpc) is 3.56. The van der Waals surface area contributed by atoms with Crippen LogP contribution in [-0.4, -0.2) is 59.7 Å². The van der Waals surface area contributed by atoms with E-state index in [4.69, 9.17) is 23.4 Å². The molecule has 0 fully saturated rings. The van der Waals surface area contributed by atoms with Gasteiger partial charge in [0.2, 0.25) is 5.76 Å². The maximum absolute atomic E-state index is 13.1. The third kappa shape index (κ3) is 11.2. The van der Waals surface area contributed by atoms with Crippen LogP contribution in [0.1, 0.15) is 92.8 Å². The Kier molecular flexibility index (Phi) is 13.1. The van der Waals surface area contributed by atoms with Gasteiger partial charge in [0.15, 0.2) is 11.5 Å². The van der Waals surface area contributed by atoms with Crippen LogP contribution in [-0.2, 0) is 16.0 Å². The van der Waals surface area contributed by atoms with Crippen LogP contribution < -0.4 is 9.47 Å². The van der Waals surface area contributed by atoms with Crippen molar-refractivity contribution in [1.82, 2.24) is 0 Å². The van der Waals surface area contributed by atoms with Crippen molar-refractivity contribution in [2.75, 3.05) is 19.8 Å². The first-order valence-electron chi connectivity index (χ1n) is 16.4. The summed E-state index contributed by atoms with van der Waals surface area (Å²) in [4.78, 5) is 13.1. The Balaban J connectivity index is 1.48. The molecule has 270 valence electrons. The van der Waals surface area contributed by atoms with Gasteiger partial charge < -0.3 is 38.4 Å². The molecule has 1 aromatic carbocycles. The number of alkyl halides is 3. The van der Waals surface area contributed by atoms with E-state index >= 15 is 0 Å². The lowest BCUT2D eigenvalue weighted by Gasteiger charge is -2.43. The van der Waals surface area contributed by atoms with E-state index in [0.29, 0.717) is 42.4 Å². The van der Waals surface area contributed by atoms with Crippen molar-refractivity contribution in [2.45, 2.75) is 112 Å². The number of aliphatic hydroxyl groups excluding tert-OH is 3. The van der Waals surface area contributed by atoms with E-state index in [1.165, 1.54) is 6.07 Å². The first kappa shape index (κ1) is 39.2. The van der Waals surface area contributed by atoms with Crippen molar-refractivity contribution >= 4 is 16.9 Å². The zero-order valence-corrected chi connectivity index (χ0v) is 29.0. The van der Waals surface area contributed by atoms with Gasteiger partial charge in [-0.25, -0.2) is 0 Å². The predicted octanol–water partition coefficient (Wildman–Crippen LogP) is 8.21. The molecule has 0 saturated carbocycles. The Morgan fingerprint density at radius 3 is 2.10 bits per heavy atom. The number of halogens is 3. The summed E-state index contributed by atoms with van der Waals surface area (Å²) in [5.74, 6) is -0.305. The molecule has 0 aliphatic heterocycles. The van der Waals surface area contributed by atoms with E-state index in [0.717, 1.165) is 6.07 Å². The Morgan fingerprint density at radius 2 is 1.52 bits per heavy atom. The summed E-state index contributed by atoms with van der Waals surface area (Å²) in [6.45, 7) is 14.6. The van der Waals surface area contributed by atoms with Crippen LogP contribution in [0.4, 0.5) is 13.2 Å². The van der Waals surface area contributed by atoms with E-state index in [1.54, 1.807) is 18.2 Å². The maximum Gasteiger partial charge on any atom is 0.573 e. The molecule has 0 aliphatic rings. The molecule has 2 aromatic heterocycles. The van der Waals surface area contributed by atoms with E-state index in [9.17, 15) is 28.2 Å². The van der Waals surface area contributed by atoms with Crippen molar-refractivity contribution in [3.8, 4) is 23.0 Å². The monoisotopic (exact) mass is 684 g/mol.